The van der Waals surface area contributed by atoms with E-state index in [2.05, 4.69) is 35.8 Å². The van der Waals surface area contributed by atoms with E-state index in [4.69, 9.17) is 4.98 Å². The summed E-state index contributed by atoms with van der Waals surface area (Å²) >= 11 is 0. The van der Waals surface area contributed by atoms with Gasteiger partial charge in [0.15, 0.2) is 0 Å². The molecule has 0 aromatic carbocycles. The first-order valence-electron chi connectivity index (χ1n) is 8.76. The molecule has 0 aliphatic carbocycles. The van der Waals surface area contributed by atoms with E-state index in [1.165, 1.54) is 81.8 Å². The van der Waals surface area contributed by atoms with E-state index in [1.54, 1.807) is 0 Å². The Hall–Kier alpha value is -1.09. The number of aryl methyl sites for hydroxylation is 1. The molecule has 3 nitrogen and oxygen atoms in total. The van der Waals surface area contributed by atoms with Crippen LogP contribution in [-0.2, 0) is 0 Å². The quantitative estimate of drug-likeness (QED) is 0.836. The number of hydrogen-bond acceptors (Lipinski definition) is 3. The average Bonchev–Trinajstić information content (AvgIpc) is 2.96. The molecule has 116 valence electrons. The predicted molar refractivity (Wildman–Crippen MR) is 88.9 cm³/mol. The molecule has 3 rings (SSSR count). The normalized spacial score (nSPS) is 23.7. The van der Waals surface area contributed by atoms with Crippen LogP contribution in [0.4, 0.5) is 5.82 Å². The minimum atomic E-state index is 0.604. The Labute approximate surface area is 129 Å². The predicted octanol–water partition coefficient (Wildman–Crippen LogP) is 3.93. The number of piperidine rings is 1. The highest BCUT2D eigenvalue weighted by molar-refractivity contribution is 5.43. The molecule has 0 saturated carbocycles. The summed E-state index contributed by atoms with van der Waals surface area (Å²) in [5, 5.41) is 0. The number of likely N-dealkylation sites (tertiary alicyclic amines) is 1. The molecule has 2 aliphatic rings. The van der Waals surface area contributed by atoms with E-state index < -0.39 is 0 Å². The highest BCUT2D eigenvalue weighted by atomic mass is 15.2. The molecule has 0 N–H and O–H groups in total. The van der Waals surface area contributed by atoms with Crippen molar-refractivity contribution in [2.75, 3.05) is 31.1 Å². The van der Waals surface area contributed by atoms with Gasteiger partial charge in [0.25, 0.3) is 0 Å². The van der Waals surface area contributed by atoms with E-state index in [9.17, 15) is 0 Å². The maximum absolute atomic E-state index is 4.94. The zero-order valence-corrected chi connectivity index (χ0v) is 13.6. The Morgan fingerprint density at radius 3 is 2.62 bits per heavy atom. The fraction of sp³-hybridized carbons (Fsp3) is 0.722. The zero-order valence-electron chi connectivity index (χ0n) is 13.6. The smallest absolute Gasteiger partial charge is 0.128 e. The van der Waals surface area contributed by atoms with E-state index in [1.807, 2.05) is 0 Å². The zero-order chi connectivity index (χ0) is 14.7. The van der Waals surface area contributed by atoms with Crippen molar-refractivity contribution in [3.8, 4) is 0 Å². The lowest BCUT2D eigenvalue weighted by Gasteiger charge is -2.29. The Morgan fingerprint density at radius 1 is 1.10 bits per heavy atom. The topological polar surface area (TPSA) is 19.4 Å². The SMILES string of the molecule is CCCN1CCCC1c1ccc(N2CCCCC2)nc1C. The van der Waals surface area contributed by atoms with Crippen molar-refractivity contribution in [2.24, 2.45) is 0 Å². The third kappa shape index (κ3) is 3.23. The molecule has 1 unspecified atom stereocenters. The molecule has 21 heavy (non-hydrogen) atoms. The van der Waals surface area contributed by atoms with Gasteiger partial charge in [-0.15, -0.1) is 0 Å². The summed E-state index contributed by atoms with van der Waals surface area (Å²) in [4.78, 5) is 10.0. The molecule has 1 atom stereocenters. The highest BCUT2D eigenvalue weighted by Crippen LogP contribution is 2.34. The van der Waals surface area contributed by atoms with Gasteiger partial charge in [-0.2, -0.15) is 0 Å². The summed E-state index contributed by atoms with van der Waals surface area (Å²) in [6, 6.07) is 5.22. The molecule has 2 saturated heterocycles. The van der Waals surface area contributed by atoms with Crippen molar-refractivity contribution in [1.29, 1.82) is 0 Å². The van der Waals surface area contributed by atoms with Crippen LogP contribution in [0.1, 0.15) is 62.7 Å². The van der Waals surface area contributed by atoms with Gasteiger partial charge in [0, 0.05) is 24.8 Å². The number of anilines is 1. The summed E-state index contributed by atoms with van der Waals surface area (Å²) in [7, 11) is 0. The molecule has 2 fully saturated rings. The van der Waals surface area contributed by atoms with Crippen LogP contribution in [0, 0.1) is 6.92 Å². The van der Waals surface area contributed by atoms with E-state index >= 15 is 0 Å². The van der Waals surface area contributed by atoms with Gasteiger partial charge in [-0.05, 0) is 70.2 Å². The molecule has 0 amide bonds. The van der Waals surface area contributed by atoms with Crippen molar-refractivity contribution in [3.05, 3.63) is 23.4 Å². The van der Waals surface area contributed by atoms with Crippen LogP contribution in [0.25, 0.3) is 0 Å². The van der Waals surface area contributed by atoms with Gasteiger partial charge in [-0.1, -0.05) is 13.0 Å². The Kier molecular flexibility index (Phi) is 4.79. The fourth-order valence-corrected chi connectivity index (χ4v) is 3.94. The minimum Gasteiger partial charge on any atom is -0.357 e. The Bertz CT molecular complexity index is 466. The summed E-state index contributed by atoms with van der Waals surface area (Å²) in [5.74, 6) is 1.19. The summed E-state index contributed by atoms with van der Waals surface area (Å²) < 4.78 is 0. The largest absolute Gasteiger partial charge is 0.357 e. The van der Waals surface area contributed by atoms with Crippen LogP contribution < -0.4 is 4.90 Å². The Morgan fingerprint density at radius 2 is 1.90 bits per heavy atom. The molecule has 3 heterocycles. The molecular weight excluding hydrogens is 258 g/mol. The maximum Gasteiger partial charge on any atom is 0.128 e. The third-order valence-electron chi connectivity index (χ3n) is 5.03. The summed E-state index contributed by atoms with van der Waals surface area (Å²) in [6.07, 6.45) is 7.88. The van der Waals surface area contributed by atoms with Crippen molar-refractivity contribution in [1.82, 2.24) is 9.88 Å². The van der Waals surface area contributed by atoms with Crippen LogP contribution in [0.5, 0.6) is 0 Å². The highest BCUT2D eigenvalue weighted by Gasteiger charge is 2.27. The first kappa shape index (κ1) is 14.8. The first-order chi connectivity index (χ1) is 10.3. The van der Waals surface area contributed by atoms with Gasteiger partial charge in [0.1, 0.15) is 5.82 Å². The van der Waals surface area contributed by atoms with E-state index in [-0.39, 0.29) is 0 Å². The molecule has 0 spiro atoms. The minimum absolute atomic E-state index is 0.604. The van der Waals surface area contributed by atoms with Gasteiger partial charge >= 0.3 is 0 Å². The van der Waals surface area contributed by atoms with Crippen LogP contribution in [0.2, 0.25) is 0 Å². The molecule has 0 bridgehead atoms. The molecular formula is C18H29N3. The fourth-order valence-electron chi connectivity index (χ4n) is 3.94. The lowest BCUT2D eigenvalue weighted by molar-refractivity contribution is 0.256. The van der Waals surface area contributed by atoms with Crippen molar-refractivity contribution >= 4 is 5.82 Å². The maximum atomic E-state index is 4.94. The first-order valence-corrected chi connectivity index (χ1v) is 8.76. The van der Waals surface area contributed by atoms with Crippen molar-refractivity contribution < 1.29 is 0 Å². The molecule has 1 aromatic rings. The second-order valence-corrected chi connectivity index (χ2v) is 6.59. The van der Waals surface area contributed by atoms with E-state index in [0.29, 0.717) is 6.04 Å². The molecule has 2 aliphatic heterocycles. The number of nitrogens with zero attached hydrogens (tertiary/aromatic N) is 3. The average molecular weight is 287 g/mol. The second-order valence-electron chi connectivity index (χ2n) is 6.59. The molecule has 3 heteroatoms. The van der Waals surface area contributed by atoms with Crippen LogP contribution in [-0.4, -0.2) is 36.1 Å². The number of aromatic nitrogens is 1. The molecule has 0 radical (unpaired) electrons. The second kappa shape index (κ2) is 6.78. The molecule has 1 aromatic heterocycles. The van der Waals surface area contributed by atoms with Crippen LogP contribution in [0.15, 0.2) is 12.1 Å². The van der Waals surface area contributed by atoms with Gasteiger partial charge in [-0.3, -0.25) is 4.90 Å². The number of rotatable bonds is 4. The van der Waals surface area contributed by atoms with Gasteiger partial charge in [0.2, 0.25) is 0 Å². The lowest BCUT2D eigenvalue weighted by atomic mass is 10.0. The lowest BCUT2D eigenvalue weighted by Crippen LogP contribution is -2.30. The van der Waals surface area contributed by atoms with Crippen LogP contribution in [0.3, 0.4) is 0 Å². The van der Waals surface area contributed by atoms with Gasteiger partial charge < -0.3 is 4.90 Å². The number of hydrogen-bond donors (Lipinski definition) is 0. The van der Waals surface area contributed by atoms with Crippen molar-refractivity contribution in [2.45, 2.75) is 58.4 Å². The summed E-state index contributed by atoms with van der Waals surface area (Å²) in [5.41, 5.74) is 2.70. The van der Waals surface area contributed by atoms with E-state index in [0.717, 1.165) is 0 Å². The van der Waals surface area contributed by atoms with Crippen LogP contribution >= 0.6 is 0 Å². The Balaban J connectivity index is 1.77. The monoisotopic (exact) mass is 287 g/mol. The summed E-state index contributed by atoms with van der Waals surface area (Å²) in [6.45, 7) is 9.31. The third-order valence-corrected chi connectivity index (χ3v) is 5.03. The standard InChI is InChI=1S/C18H29N3/c1-3-11-20-14-7-8-17(20)16-9-10-18(19-15(16)2)21-12-5-4-6-13-21/h9-10,17H,3-8,11-14H2,1-2H3. The number of pyridine rings is 1. The van der Waals surface area contributed by atoms with Gasteiger partial charge in [-0.25, -0.2) is 4.98 Å². The van der Waals surface area contributed by atoms with Gasteiger partial charge in [0.05, 0.1) is 0 Å². The van der Waals surface area contributed by atoms with Crippen molar-refractivity contribution in [3.63, 3.8) is 0 Å².